The van der Waals surface area contributed by atoms with Gasteiger partial charge in [0.25, 0.3) is 0 Å². The average molecular weight is 297 g/mol. The molecule has 1 aromatic heterocycles. The van der Waals surface area contributed by atoms with E-state index in [0.717, 1.165) is 16.8 Å². The first kappa shape index (κ1) is 13.9. The maximum atomic E-state index is 5.94. The molecule has 3 heteroatoms. The molecule has 3 rings (SSSR count). The van der Waals surface area contributed by atoms with Gasteiger partial charge in [-0.1, -0.05) is 42.5 Å². The molecule has 0 amide bonds. The summed E-state index contributed by atoms with van der Waals surface area (Å²) in [7, 11) is 0. The van der Waals surface area contributed by atoms with Crippen LogP contribution in [0.15, 0.2) is 67.0 Å². The van der Waals surface area contributed by atoms with Crippen molar-refractivity contribution in [3.05, 3.63) is 78.1 Å². The van der Waals surface area contributed by atoms with Gasteiger partial charge in [0.05, 0.1) is 0 Å². The zero-order valence-electron chi connectivity index (χ0n) is 11.7. The molecule has 0 aliphatic carbocycles. The molecule has 0 aliphatic rings. The van der Waals surface area contributed by atoms with Crippen LogP contribution < -0.4 is 5.73 Å². The summed E-state index contributed by atoms with van der Waals surface area (Å²) in [4.78, 5) is 0. The summed E-state index contributed by atoms with van der Waals surface area (Å²) in [5.41, 5.74) is 11.5. The Balaban J connectivity index is 2.04. The van der Waals surface area contributed by atoms with Crippen LogP contribution in [-0.2, 0) is 12.4 Å². The second-order valence-electron chi connectivity index (χ2n) is 4.97. The number of halogens is 1. The van der Waals surface area contributed by atoms with Crippen molar-refractivity contribution in [2.45, 2.75) is 12.4 Å². The van der Waals surface area contributed by atoms with Gasteiger partial charge in [0.1, 0.15) is 0 Å². The van der Waals surface area contributed by atoms with Crippen molar-refractivity contribution >= 4 is 11.6 Å². The van der Waals surface area contributed by atoms with Crippen LogP contribution in [0.5, 0.6) is 0 Å². The molecular weight excluding hydrogens is 280 g/mol. The van der Waals surface area contributed by atoms with Crippen molar-refractivity contribution in [1.82, 2.24) is 4.57 Å². The highest BCUT2D eigenvalue weighted by Gasteiger charge is 2.06. The van der Waals surface area contributed by atoms with Crippen LogP contribution >= 0.6 is 11.6 Å². The van der Waals surface area contributed by atoms with E-state index < -0.39 is 0 Å². The molecule has 106 valence electrons. The summed E-state index contributed by atoms with van der Waals surface area (Å²) in [6, 6.07) is 18.6. The lowest BCUT2D eigenvalue weighted by atomic mass is 10.1. The zero-order valence-corrected chi connectivity index (χ0v) is 12.4. The average Bonchev–Trinajstić information content (AvgIpc) is 3.05. The smallest absolute Gasteiger partial charge is 0.0497 e. The standard InChI is InChI=1S/C18H17ClN2/c19-11-14-6-7-16(12-20)18(10-14)21-9-8-17(13-21)15-4-2-1-3-5-15/h1-10,13H,11-12,20H2. The van der Waals surface area contributed by atoms with E-state index in [1.807, 2.05) is 24.3 Å². The zero-order chi connectivity index (χ0) is 14.7. The number of aromatic nitrogens is 1. The van der Waals surface area contributed by atoms with E-state index >= 15 is 0 Å². The van der Waals surface area contributed by atoms with E-state index in [4.69, 9.17) is 17.3 Å². The van der Waals surface area contributed by atoms with Crippen molar-refractivity contribution in [2.75, 3.05) is 0 Å². The van der Waals surface area contributed by atoms with E-state index in [0.29, 0.717) is 12.4 Å². The normalized spacial score (nSPS) is 10.8. The monoisotopic (exact) mass is 296 g/mol. The molecule has 0 unspecified atom stereocenters. The van der Waals surface area contributed by atoms with E-state index in [1.54, 1.807) is 0 Å². The van der Waals surface area contributed by atoms with E-state index in [9.17, 15) is 0 Å². The lowest BCUT2D eigenvalue weighted by Gasteiger charge is -2.11. The van der Waals surface area contributed by atoms with Gasteiger partial charge in [-0.2, -0.15) is 0 Å². The second-order valence-corrected chi connectivity index (χ2v) is 5.24. The van der Waals surface area contributed by atoms with Gasteiger partial charge in [-0.15, -0.1) is 11.6 Å². The van der Waals surface area contributed by atoms with Gasteiger partial charge in [0.2, 0.25) is 0 Å². The Bertz CT molecular complexity index is 732. The Kier molecular flexibility index (Phi) is 4.09. The van der Waals surface area contributed by atoms with Crippen LogP contribution in [0.2, 0.25) is 0 Å². The minimum absolute atomic E-state index is 0.505. The van der Waals surface area contributed by atoms with Crippen LogP contribution in [-0.4, -0.2) is 4.57 Å². The molecule has 0 spiro atoms. The third-order valence-corrected chi connectivity index (χ3v) is 3.91. The van der Waals surface area contributed by atoms with Gasteiger partial charge in [0.15, 0.2) is 0 Å². The fourth-order valence-electron chi connectivity index (χ4n) is 2.45. The first-order chi connectivity index (χ1) is 10.3. The lowest BCUT2D eigenvalue weighted by Crippen LogP contribution is -2.03. The molecule has 0 saturated heterocycles. The Hall–Kier alpha value is -2.03. The SMILES string of the molecule is NCc1ccc(CCl)cc1-n1ccc(-c2ccccc2)c1. The molecule has 0 saturated carbocycles. The molecule has 0 radical (unpaired) electrons. The van der Waals surface area contributed by atoms with Crippen molar-refractivity contribution in [2.24, 2.45) is 5.73 Å². The van der Waals surface area contributed by atoms with Crippen LogP contribution in [0, 0.1) is 0 Å². The summed E-state index contributed by atoms with van der Waals surface area (Å²) in [6.07, 6.45) is 4.19. The minimum atomic E-state index is 0.505. The van der Waals surface area contributed by atoms with Crippen LogP contribution in [0.1, 0.15) is 11.1 Å². The molecule has 0 atom stereocenters. The summed E-state index contributed by atoms with van der Waals surface area (Å²) < 4.78 is 2.11. The number of benzene rings is 2. The predicted octanol–water partition coefficient (Wildman–Crippen LogP) is 4.34. The van der Waals surface area contributed by atoms with E-state index in [1.165, 1.54) is 11.1 Å². The number of rotatable bonds is 4. The molecule has 3 aromatic rings. The first-order valence-electron chi connectivity index (χ1n) is 6.93. The molecule has 0 bridgehead atoms. The number of nitrogens with zero attached hydrogens (tertiary/aromatic N) is 1. The van der Waals surface area contributed by atoms with Gasteiger partial charge < -0.3 is 10.3 Å². The highest BCUT2D eigenvalue weighted by molar-refractivity contribution is 6.17. The molecule has 0 aliphatic heterocycles. The molecular formula is C18H17ClN2. The van der Waals surface area contributed by atoms with Gasteiger partial charge in [-0.25, -0.2) is 0 Å². The van der Waals surface area contributed by atoms with Crippen molar-refractivity contribution in [1.29, 1.82) is 0 Å². The molecule has 0 fully saturated rings. The number of nitrogens with two attached hydrogens (primary N) is 1. The van der Waals surface area contributed by atoms with Crippen LogP contribution in [0.25, 0.3) is 16.8 Å². The Morgan fingerprint density at radius 1 is 0.952 bits per heavy atom. The largest absolute Gasteiger partial charge is 0.326 e. The Morgan fingerprint density at radius 2 is 1.76 bits per heavy atom. The van der Waals surface area contributed by atoms with E-state index in [-0.39, 0.29) is 0 Å². The van der Waals surface area contributed by atoms with Crippen LogP contribution in [0.4, 0.5) is 0 Å². The fraction of sp³-hybridized carbons (Fsp3) is 0.111. The molecule has 2 nitrogen and oxygen atoms in total. The third-order valence-electron chi connectivity index (χ3n) is 3.60. The van der Waals surface area contributed by atoms with Crippen molar-refractivity contribution in [3.63, 3.8) is 0 Å². The third kappa shape index (κ3) is 2.87. The summed E-state index contributed by atoms with van der Waals surface area (Å²) >= 11 is 5.94. The first-order valence-corrected chi connectivity index (χ1v) is 7.47. The number of alkyl halides is 1. The molecule has 1 heterocycles. The van der Waals surface area contributed by atoms with Gasteiger partial charge in [-0.05, 0) is 34.4 Å². The maximum absolute atomic E-state index is 5.94. The molecule has 2 N–H and O–H groups in total. The Labute approximate surface area is 129 Å². The summed E-state index contributed by atoms with van der Waals surface area (Å²) in [6.45, 7) is 0.511. The van der Waals surface area contributed by atoms with Gasteiger partial charge in [0, 0.05) is 30.5 Å². The summed E-state index contributed by atoms with van der Waals surface area (Å²) in [5, 5.41) is 0. The van der Waals surface area contributed by atoms with Gasteiger partial charge in [-0.3, -0.25) is 0 Å². The summed E-state index contributed by atoms with van der Waals surface area (Å²) in [5.74, 6) is 0.505. The molecule has 21 heavy (non-hydrogen) atoms. The predicted molar refractivity (Wildman–Crippen MR) is 88.7 cm³/mol. The van der Waals surface area contributed by atoms with Gasteiger partial charge >= 0.3 is 0 Å². The number of hydrogen-bond acceptors (Lipinski definition) is 1. The maximum Gasteiger partial charge on any atom is 0.0497 e. The minimum Gasteiger partial charge on any atom is -0.326 e. The quantitative estimate of drug-likeness (QED) is 0.713. The molecule has 2 aromatic carbocycles. The van der Waals surface area contributed by atoms with Crippen molar-refractivity contribution in [3.8, 4) is 16.8 Å². The second kappa shape index (κ2) is 6.17. The van der Waals surface area contributed by atoms with Crippen LogP contribution in [0.3, 0.4) is 0 Å². The fourth-order valence-corrected chi connectivity index (χ4v) is 2.62. The van der Waals surface area contributed by atoms with E-state index in [2.05, 4.69) is 47.3 Å². The highest BCUT2D eigenvalue weighted by atomic mass is 35.5. The highest BCUT2D eigenvalue weighted by Crippen LogP contribution is 2.24. The lowest BCUT2D eigenvalue weighted by molar-refractivity contribution is 0.988. The topological polar surface area (TPSA) is 30.9 Å². The Morgan fingerprint density at radius 3 is 2.48 bits per heavy atom. The number of hydrogen-bond donors (Lipinski definition) is 1. The van der Waals surface area contributed by atoms with Crippen molar-refractivity contribution < 1.29 is 0 Å².